The van der Waals surface area contributed by atoms with Crippen molar-refractivity contribution in [3.8, 4) is 5.75 Å². The zero-order chi connectivity index (χ0) is 11.8. The SMILES string of the molecule is CCCCCOc1c(C)cccc1CCN. The van der Waals surface area contributed by atoms with Crippen LogP contribution in [0.25, 0.3) is 0 Å². The van der Waals surface area contributed by atoms with Gasteiger partial charge in [0, 0.05) is 0 Å². The molecule has 2 nitrogen and oxygen atoms in total. The Morgan fingerprint density at radius 2 is 2.06 bits per heavy atom. The molecule has 1 aromatic rings. The average molecular weight is 221 g/mol. The van der Waals surface area contributed by atoms with Gasteiger partial charge >= 0.3 is 0 Å². The molecule has 0 heterocycles. The second kappa shape index (κ2) is 7.29. The van der Waals surface area contributed by atoms with E-state index in [-0.39, 0.29) is 0 Å². The molecule has 0 saturated heterocycles. The van der Waals surface area contributed by atoms with Crippen molar-refractivity contribution < 1.29 is 4.74 Å². The van der Waals surface area contributed by atoms with Gasteiger partial charge in [0.15, 0.2) is 0 Å². The molecule has 1 aromatic carbocycles. The quantitative estimate of drug-likeness (QED) is 0.718. The topological polar surface area (TPSA) is 35.2 Å². The summed E-state index contributed by atoms with van der Waals surface area (Å²) < 4.78 is 5.87. The Hall–Kier alpha value is -1.02. The first-order chi connectivity index (χ1) is 7.79. The van der Waals surface area contributed by atoms with Gasteiger partial charge in [-0.3, -0.25) is 0 Å². The highest BCUT2D eigenvalue weighted by atomic mass is 16.5. The number of nitrogens with two attached hydrogens (primary N) is 1. The predicted octanol–water partition coefficient (Wildman–Crippen LogP) is 3.07. The Morgan fingerprint density at radius 3 is 2.75 bits per heavy atom. The molecule has 1 rings (SSSR count). The van der Waals surface area contributed by atoms with Crippen LogP contribution in [0.5, 0.6) is 5.75 Å². The fraction of sp³-hybridized carbons (Fsp3) is 0.571. The molecule has 0 bridgehead atoms. The molecular weight excluding hydrogens is 198 g/mol. The average Bonchev–Trinajstić information content (AvgIpc) is 2.28. The number of hydrogen-bond acceptors (Lipinski definition) is 2. The van der Waals surface area contributed by atoms with Gasteiger partial charge in [-0.1, -0.05) is 38.0 Å². The molecule has 0 spiro atoms. The molecule has 2 N–H and O–H groups in total. The van der Waals surface area contributed by atoms with Gasteiger partial charge in [0.1, 0.15) is 5.75 Å². The second-order valence-corrected chi connectivity index (χ2v) is 4.16. The van der Waals surface area contributed by atoms with Gasteiger partial charge in [-0.2, -0.15) is 0 Å². The van der Waals surface area contributed by atoms with E-state index in [0.717, 1.165) is 25.2 Å². The lowest BCUT2D eigenvalue weighted by Gasteiger charge is -2.13. The maximum absolute atomic E-state index is 5.87. The lowest BCUT2D eigenvalue weighted by atomic mass is 10.1. The van der Waals surface area contributed by atoms with Crippen LogP contribution in [-0.4, -0.2) is 13.2 Å². The standard InChI is InChI=1S/C14H23NO/c1-3-4-5-11-16-14-12(2)7-6-8-13(14)9-10-15/h6-8H,3-5,9-11,15H2,1-2H3. The van der Waals surface area contributed by atoms with E-state index in [4.69, 9.17) is 10.5 Å². The number of aryl methyl sites for hydroxylation is 1. The van der Waals surface area contributed by atoms with E-state index >= 15 is 0 Å². The molecule has 0 fully saturated rings. The summed E-state index contributed by atoms with van der Waals surface area (Å²) >= 11 is 0. The third-order valence-electron chi connectivity index (χ3n) is 2.70. The predicted molar refractivity (Wildman–Crippen MR) is 69.0 cm³/mol. The highest BCUT2D eigenvalue weighted by Gasteiger charge is 2.05. The Balaban J connectivity index is 2.61. The summed E-state index contributed by atoms with van der Waals surface area (Å²) in [6.07, 6.45) is 4.49. The van der Waals surface area contributed by atoms with Crippen molar-refractivity contribution in [2.24, 2.45) is 5.73 Å². The molecule has 0 unspecified atom stereocenters. The van der Waals surface area contributed by atoms with Crippen LogP contribution < -0.4 is 10.5 Å². The minimum Gasteiger partial charge on any atom is -0.493 e. The minimum absolute atomic E-state index is 0.675. The van der Waals surface area contributed by atoms with E-state index in [1.807, 2.05) is 0 Å². The Bertz CT molecular complexity index is 310. The first kappa shape index (κ1) is 13.0. The van der Waals surface area contributed by atoms with E-state index in [2.05, 4.69) is 32.0 Å². The number of hydrogen-bond donors (Lipinski definition) is 1. The zero-order valence-corrected chi connectivity index (χ0v) is 10.5. The maximum Gasteiger partial charge on any atom is 0.125 e. The lowest BCUT2D eigenvalue weighted by Crippen LogP contribution is -2.07. The largest absolute Gasteiger partial charge is 0.493 e. The molecule has 0 aromatic heterocycles. The molecule has 2 heteroatoms. The van der Waals surface area contributed by atoms with Gasteiger partial charge in [0.2, 0.25) is 0 Å². The van der Waals surface area contributed by atoms with E-state index < -0.39 is 0 Å². The number of unbranched alkanes of at least 4 members (excludes halogenated alkanes) is 2. The summed E-state index contributed by atoms with van der Waals surface area (Å²) in [5.74, 6) is 1.05. The minimum atomic E-state index is 0.675. The number of para-hydroxylation sites is 1. The van der Waals surface area contributed by atoms with Crippen molar-refractivity contribution in [1.29, 1.82) is 0 Å². The van der Waals surface area contributed by atoms with Crippen molar-refractivity contribution in [2.75, 3.05) is 13.2 Å². The molecule has 0 radical (unpaired) electrons. The summed E-state index contributed by atoms with van der Waals surface area (Å²) in [5.41, 5.74) is 8.05. The van der Waals surface area contributed by atoms with E-state index in [0.29, 0.717) is 6.54 Å². The highest BCUT2D eigenvalue weighted by molar-refractivity contribution is 5.40. The maximum atomic E-state index is 5.87. The Morgan fingerprint density at radius 1 is 1.25 bits per heavy atom. The van der Waals surface area contributed by atoms with Crippen LogP contribution in [0.1, 0.15) is 37.3 Å². The van der Waals surface area contributed by atoms with Gasteiger partial charge in [0.25, 0.3) is 0 Å². The van der Waals surface area contributed by atoms with Crippen molar-refractivity contribution in [3.63, 3.8) is 0 Å². The lowest BCUT2D eigenvalue weighted by molar-refractivity contribution is 0.301. The molecule has 0 aliphatic carbocycles. The fourth-order valence-electron chi connectivity index (χ4n) is 1.80. The fourth-order valence-corrected chi connectivity index (χ4v) is 1.80. The smallest absolute Gasteiger partial charge is 0.125 e. The first-order valence-corrected chi connectivity index (χ1v) is 6.21. The molecule has 16 heavy (non-hydrogen) atoms. The third kappa shape index (κ3) is 3.86. The summed E-state index contributed by atoms with van der Waals surface area (Å²) in [4.78, 5) is 0. The van der Waals surface area contributed by atoms with Crippen LogP contribution in [0.4, 0.5) is 0 Å². The molecule has 0 saturated carbocycles. The van der Waals surface area contributed by atoms with Crippen molar-refractivity contribution in [2.45, 2.75) is 39.5 Å². The van der Waals surface area contributed by atoms with Gasteiger partial charge < -0.3 is 10.5 Å². The van der Waals surface area contributed by atoms with Crippen LogP contribution in [0.3, 0.4) is 0 Å². The van der Waals surface area contributed by atoms with Crippen LogP contribution >= 0.6 is 0 Å². The normalized spacial score (nSPS) is 10.4. The highest BCUT2D eigenvalue weighted by Crippen LogP contribution is 2.23. The summed E-state index contributed by atoms with van der Waals surface area (Å²) in [7, 11) is 0. The summed E-state index contributed by atoms with van der Waals surface area (Å²) in [6.45, 7) is 5.79. The van der Waals surface area contributed by atoms with E-state index in [1.54, 1.807) is 0 Å². The number of ether oxygens (including phenoxy) is 1. The Labute approximate surface area is 98.8 Å². The van der Waals surface area contributed by atoms with E-state index in [9.17, 15) is 0 Å². The second-order valence-electron chi connectivity index (χ2n) is 4.16. The molecule has 0 aliphatic rings. The number of benzene rings is 1. The van der Waals surface area contributed by atoms with Crippen LogP contribution in [-0.2, 0) is 6.42 Å². The number of rotatable bonds is 7. The van der Waals surface area contributed by atoms with Crippen molar-refractivity contribution in [1.82, 2.24) is 0 Å². The van der Waals surface area contributed by atoms with Crippen LogP contribution in [0.15, 0.2) is 18.2 Å². The van der Waals surface area contributed by atoms with Gasteiger partial charge in [-0.25, -0.2) is 0 Å². The van der Waals surface area contributed by atoms with Crippen molar-refractivity contribution >= 4 is 0 Å². The molecule has 0 atom stereocenters. The van der Waals surface area contributed by atoms with Crippen LogP contribution in [0, 0.1) is 6.92 Å². The van der Waals surface area contributed by atoms with Gasteiger partial charge in [-0.05, 0) is 37.4 Å². The summed E-state index contributed by atoms with van der Waals surface area (Å²) in [6, 6.07) is 6.27. The monoisotopic (exact) mass is 221 g/mol. The molecule has 90 valence electrons. The first-order valence-electron chi connectivity index (χ1n) is 6.21. The third-order valence-corrected chi connectivity index (χ3v) is 2.70. The van der Waals surface area contributed by atoms with Gasteiger partial charge in [-0.15, -0.1) is 0 Å². The molecule has 0 amide bonds. The van der Waals surface area contributed by atoms with Crippen molar-refractivity contribution in [3.05, 3.63) is 29.3 Å². The molecular formula is C14H23NO. The van der Waals surface area contributed by atoms with E-state index in [1.165, 1.54) is 24.0 Å². The summed E-state index contributed by atoms with van der Waals surface area (Å²) in [5, 5.41) is 0. The van der Waals surface area contributed by atoms with Gasteiger partial charge in [0.05, 0.1) is 6.61 Å². The molecule has 0 aliphatic heterocycles. The Kier molecular flexibility index (Phi) is 5.94. The van der Waals surface area contributed by atoms with Crippen LogP contribution in [0.2, 0.25) is 0 Å². The zero-order valence-electron chi connectivity index (χ0n) is 10.5.